The first-order valence-corrected chi connectivity index (χ1v) is 31.0. The van der Waals surface area contributed by atoms with Crippen molar-refractivity contribution in [1.82, 2.24) is 0 Å². The van der Waals surface area contributed by atoms with Gasteiger partial charge in [-0.25, -0.2) is 0 Å². The lowest BCUT2D eigenvalue weighted by atomic mass is 9.77. The summed E-state index contributed by atoms with van der Waals surface area (Å²) in [5.41, 5.74) is 23.7. The van der Waals surface area contributed by atoms with Crippen LogP contribution in [0.2, 0.25) is 0 Å². The van der Waals surface area contributed by atoms with Crippen molar-refractivity contribution in [1.29, 1.82) is 0 Å². The molecule has 0 unspecified atom stereocenters. The molecule has 0 bridgehead atoms. The monoisotopic (exact) mass is 1110 g/mol. The van der Waals surface area contributed by atoms with E-state index in [4.69, 9.17) is 4.42 Å². The molecule has 1 heterocycles. The summed E-state index contributed by atoms with van der Waals surface area (Å²) < 4.78 is 7.34. The minimum atomic E-state index is 0.272. The fraction of sp³-hybridized carbons (Fsp3) is 0.210. The molecule has 2 aliphatic carbocycles. The van der Waals surface area contributed by atoms with Gasteiger partial charge in [0.2, 0.25) is 0 Å². The van der Waals surface area contributed by atoms with E-state index in [-0.39, 0.29) is 5.76 Å². The molecule has 0 saturated heterocycles. The lowest BCUT2D eigenvalue weighted by Gasteiger charge is -2.32. The van der Waals surface area contributed by atoms with Gasteiger partial charge in [-0.1, -0.05) is 203 Å². The molecule has 0 radical (unpaired) electrons. The van der Waals surface area contributed by atoms with Gasteiger partial charge in [0.15, 0.2) is 5.58 Å². The smallest absolute Gasteiger partial charge is 0.159 e. The first-order valence-electron chi connectivity index (χ1n) is 31.0. The molecule has 2 aliphatic rings. The molecule has 0 atom stereocenters. The summed E-state index contributed by atoms with van der Waals surface area (Å²) in [6.45, 7) is 14.5. The summed E-state index contributed by atoms with van der Waals surface area (Å²) in [7, 11) is 0. The number of anilines is 5. The summed E-state index contributed by atoms with van der Waals surface area (Å²) in [4.78, 5) is 2.57. The van der Waals surface area contributed by atoms with Crippen LogP contribution in [0, 0.1) is 27.7 Å². The summed E-state index contributed by atoms with van der Waals surface area (Å²) in [6, 6.07) is 68.3. The fourth-order valence-electron chi connectivity index (χ4n) is 14.7. The van der Waals surface area contributed by atoms with E-state index in [0.29, 0.717) is 11.8 Å². The third-order valence-electron chi connectivity index (χ3n) is 19.0. The number of para-hydroxylation sites is 2. The third kappa shape index (κ3) is 9.76. The minimum Gasteiger partial charge on any atom is -0.512 e. The highest BCUT2D eigenvalue weighted by Gasteiger charge is 2.30. The molecule has 11 aromatic carbocycles. The molecule has 420 valence electrons. The SMILES string of the molecule is C=C/C=C\C(=C(/C)O)c1cccc(-c2cc(-c3ccc(C)cc3Nc3cc(C4CCCCC4)c4ccc5c(N(c6cc(C)ccc6C)c6cccc7c6oc6c(-c8ccccc8)cccc67)cc(C6CCCCC6)c6ccc3c4c65)ccc2C)c1. The number of aryl methyl sites for hydroxylation is 4. The molecular formula is C81H74N2O2. The van der Waals surface area contributed by atoms with Crippen molar-refractivity contribution < 1.29 is 9.52 Å². The Morgan fingerprint density at radius 3 is 1.85 bits per heavy atom. The summed E-state index contributed by atoms with van der Waals surface area (Å²) in [5, 5.41) is 25.2. The number of aliphatic hydroxyl groups is 1. The van der Waals surface area contributed by atoms with Gasteiger partial charge in [-0.15, -0.1) is 0 Å². The Kier molecular flexibility index (Phi) is 14.2. The number of furan rings is 1. The number of allylic oxidation sites excluding steroid dienone is 5. The van der Waals surface area contributed by atoms with Gasteiger partial charge in [0, 0.05) is 55.3 Å². The highest BCUT2D eigenvalue weighted by Crippen LogP contribution is 2.54. The summed E-state index contributed by atoms with van der Waals surface area (Å²) in [5.74, 6) is 1.17. The van der Waals surface area contributed by atoms with Gasteiger partial charge in [-0.3, -0.25) is 0 Å². The maximum atomic E-state index is 10.8. The number of aliphatic hydroxyl groups excluding tert-OH is 1. The summed E-state index contributed by atoms with van der Waals surface area (Å²) >= 11 is 0. The topological polar surface area (TPSA) is 48.6 Å². The van der Waals surface area contributed by atoms with E-state index in [9.17, 15) is 5.11 Å². The van der Waals surface area contributed by atoms with Crippen molar-refractivity contribution in [3.63, 3.8) is 0 Å². The van der Waals surface area contributed by atoms with Crippen LogP contribution in [-0.2, 0) is 0 Å². The number of hydrogen-bond donors (Lipinski definition) is 2. The van der Waals surface area contributed by atoms with Gasteiger partial charge in [0.1, 0.15) is 5.58 Å². The molecule has 4 nitrogen and oxygen atoms in total. The van der Waals surface area contributed by atoms with E-state index in [1.807, 2.05) is 12.2 Å². The van der Waals surface area contributed by atoms with Crippen molar-refractivity contribution >= 4 is 88.3 Å². The molecule has 0 amide bonds. The lowest BCUT2D eigenvalue weighted by molar-refractivity contribution is 0.417. The Morgan fingerprint density at radius 1 is 0.482 bits per heavy atom. The van der Waals surface area contributed by atoms with Gasteiger partial charge in [0.05, 0.1) is 17.1 Å². The third-order valence-corrected chi connectivity index (χ3v) is 19.0. The predicted octanol–water partition coefficient (Wildman–Crippen LogP) is 24.1. The number of rotatable bonds is 13. The van der Waals surface area contributed by atoms with E-state index >= 15 is 0 Å². The normalized spacial score (nSPS) is 14.8. The zero-order valence-corrected chi connectivity index (χ0v) is 49.8. The van der Waals surface area contributed by atoms with Crippen molar-refractivity contribution in [2.75, 3.05) is 10.2 Å². The van der Waals surface area contributed by atoms with Gasteiger partial charge in [-0.2, -0.15) is 0 Å². The Balaban J connectivity index is 1.000. The summed E-state index contributed by atoms with van der Waals surface area (Å²) in [6.07, 6.45) is 17.9. The fourth-order valence-corrected chi connectivity index (χ4v) is 14.7. The average Bonchev–Trinajstić information content (AvgIpc) is 1.17. The van der Waals surface area contributed by atoms with Gasteiger partial charge in [-0.05, 0) is 197 Å². The van der Waals surface area contributed by atoms with Crippen LogP contribution in [0.1, 0.15) is 122 Å². The van der Waals surface area contributed by atoms with Gasteiger partial charge >= 0.3 is 0 Å². The first-order chi connectivity index (χ1) is 41.6. The van der Waals surface area contributed by atoms with Crippen molar-refractivity contribution in [2.45, 2.75) is 111 Å². The molecule has 0 spiro atoms. The predicted molar refractivity (Wildman–Crippen MR) is 363 cm³/mol. The number of nitrogens with zero attached hydrogens (tertiary/aromatic N) is 1. The van der Waals surface area contributed by atoms with Gasteiger partial charge in [0.25, 0.3) is 0 Å². The number of benzene rings is 11. The largest absolute Gasteiger partial charge is 0.512 e. The van der Waals surface area contributed by atoms with E-state index < -0.39 is 0 Å². The van der Waals surface area contributed by atoms with Crippen LogP contribution in [0.25, 0.3) is 93.2 Å². The second kappa shape index (κ2) is 22.5. The standard InChI is InChI=1S/C81H74N2O2/c1-7-8-29-61(54(6)84)58-27-18-28-59(46-58)70-47-60(38-37-52(70)4)62-39-35-50(2)44-73(62)82-74-48-71(56-23-14-10-15-24-56)64-41-43-69-77(49-72(57-25-16-11-17-26-57)65-40-42-68(74)78(64)79(65)69)83(76-45-51(3)34-36-53(76)5)75-33-20-32-67-66-31-19-30-63(80(66)85-81(67)75)55-21-12-9-13-22-55/h7-9,12-13,18-22,27-49,56-57,82,84H,1,10-11,14-17,23-26H2,2-6H3/b29-8-,61-54-. The van der Waals surface area contributed by atoms with Crippen LogP contribution in [0.15, 0.2) is 217 Å². The van der Waals surface area contributed by atoms with Crippen LogP contribution in [-0.4, -0.2) is 5.11 Å². The Bertz CT molecular complexity index is 4610. The Morgan fingerprint density at radius 2 is 1.11 bits per heavy atom. The van der Waals surface area contributed by atoms with Crippen LogP contribution in [0.4, 0.5) is 28.4 Å². The van der Waals surface area contributed by atoms with Crippen LogP contribution >= 0.6 is 0 Å². The van der Waals surface area contributed by atoms with Crippen LogP contribution in [0.5, 0.6) is 0 Å². The Hall–Kier alpha value is -9.12. The second-order valence-corrected chi connectivity index (χ2v) is 24.5. The first kappa shape index (κ1) is 53.9. The Labute approximate surface area is 500 Å². The highest BCUT2D eigenvalue weighted by atomic mass is 16.3. The molecule has 1 aromatic heterocycles. The molecule has 14 rings (SSSR count). The van der Waals surface area contributed by atoms with E-state index in [2.05, 4.69) is 226 Å². The number of hydrogen-bond acceptors (Lipinski definition) is 4. The van der Waals surface area contributed by atoms with Crippen LogP contribution < -0.4 is 10.2 Å². The highest BCUT2D eigenvalue weighted by molar-refractivity contribution is 6.29. The quantitative estimate of drug-likeness (QED) is 0.0686. The maximum Gasteiger partial charge on any atom is 0.159 e. The van der Waals surface area contributed by atoms with E-state index in [0.717, 1.165) is 89.2 Å². The zero-order valence-electron chi connectivity index (χ0n) is 49.8. The minimum absolute atomic E-state index is 0.272. The van der Waals surface area contributed by atoms with Crippen molar-refractivity contribution in [3.8, 4) is 33.4 Å². The van der Waals surface area contributed by atoms with E-state index in [1.165, 1.54) is 136 Å². The second-order valence-electron chi connectivity index (χ2n) is 24.5. The van der Waals surface area contributed by atoms with Crippen molar-refractivity contribution in [3.05, 3.63) is 252 Å². The molecule has 2 N–H and O–H groups in total. The van der Waals surface area contributed by atoms with Crippen molar-refractivity contribution in [2.24, 2.45) is 0 Å². The average molecular weight is 1110 g/mol. The molecule has 2 fully saturated rings. The molecule has 2 saturated carbocycles. The van der Waals surface area contributed by atoms with Gasteiger partial charge < -0.3 is 19.7 Å². The molecule has 4 heteroatoms. The lowest BCUT2D eigenvalue weighted by Crippen LogP contribution is -2.14. The number of fused-ring (bicyclic) bond motifs is 3. The molecule has 0 aliphatic heterocycles. The zero-order chi connectivity index (χ0) is 57.9. The molecule has 85 heavy (non-hydrogen) atoms. The van der Waals surface area contributed by atoms with E-state index in [1.54, 1.807) is 13.0 Å². The number of nitrogens with one attached hydrogen (secondary N) is 1. The maximum absolute atomic E-state index is 10.8. The molecule has 12 aromatic rings. The molecular weight excluding hydrogens is 1030 g/mol. The van der Waals surface area contributed by atoms with Crippen LogP contribution in [0.3, 0.4) is 0 Å².